The van der Waals surface area contributed by atoms with E-state index in [0.717, 1.165) is 5.56 Å². The van der Waals surface area contributed by atoms with Gasteiger partial charge in [0.15, 0.2) is 11.5 Å². The smallest absolute Gasteiger partial charge is 0.183 e. The maximum Gasteiger partial charge on any atom is 0.183 e. The van der Waals surface area contributed by atoms with Crippen molar-refractivity contribution in [2.24, 2.45) is 0 Å². The molecular weight excluding hydrogens is 218 g/mol. The van der Waals surface area contributed by atoms with E-state index < -0.39 is 0 Å². The summed E-state index contributed by atoms with van der Waals surface area (Å²) < 4.78 is 0. The second kappa shape index (κ2) is 3.44. The number of nitrogens with zero attached hydrogens (tertiary/aromatic N) is 3. The van der Waals surface area contributed by atoms with Crippen LogP contribution in [-0.4, -0.2) is 25.0 Å². The molecule has 0 amide bonds. The lowest BCUT2D eigenvalue weighted by atomic mass is 10.2. The lowest BCUT2D eigenvalue weighted by Crippen LogP contribution is -1.91. The highest BCUT2D eigenvalue weighted by Gasteiger charge is 2.08. The lowest BCUT2D eigenvalue weighted by molar-refractivity contribution is 0.475. The molecule has 0 aliphatic carbocycles. The van der Waals surface area contributed by atoms with Crippen LogP contribution in [0.2, 0.25) is 0 Å². The first-order valence-electron chi connectivity index (χ1n) is 4.99. The minimum atomic E-state index is 0.212. The van der Waals surface area contributed by atoms with Gasteiger partial charge in [-0.2, -0.15) is 0 Å². The Kier molecular flexibility index (Phi) is 1.94. The van der Waals surface area contributed by atoms with Crippen LogP contribution >= 0.6 is 0 Å². The summed E-state index contributed by atoms with van der Waals surface area (Å²) in [5.74, 6) is 1.23. The normalized spacial score (nSPS) is 10.8. The first kappa shape index (κ1) is 9.59. The van der Waals surface area contributed by atoms with Crippen molar-refractivity contribution in [1.82, 2.24) is 19.9 Å². The number of rotatable bonds is 1. The average molecular weight is 227 g/mol. The van der Waals surface area contributed by atoms with E-state index in [4.69, 9.17) is 5.73 Å². The van der Waals surface area contributed by atoms with E-state index in [-0.39, 0.29) is 5.75 Å². The molecule has 0 radical (unpaired) electrons. The molecule has 17 heavy (non-hydrogen) atoms. The fourth-order valence-corrected chi connectivity index (χ4v) is 1.60. The third kappa shape index (κ3) is 1.55. The topological polar surface area (TPSA) is 101 Å². The van der Waals surface area contributed by atoms with Crippen molar-refractivity contribution >= 4 is 17.0 Å². The summed E-state index contributed by atoms with van der Waals surface area (Å²) in [6.07, 6.45) is 1.37. The van der Waals surface area contributed by atoms with Crippen LogP contribution < -0.4 is 5.73 Å². The van der Waals surface area contributed by atoms with Crippen LogP contribution in [0.25, 0.3) is 22.6 Å². The standard InChI is InChI=1S/C11H9N5O/c12-9-8-11(14-5-13-9)16-10(15-8)6-1-3-7(17)4-2-6/h1-5,17H,(H3,12,13,14,15,16). The first-order valence-corrected chi connectivity index (χ1v) is 4.99. The Labute approximate surface area is 96.2 Å². The van der Waals surface area contributed by atoms with Crippen LogP contribution in [0.3, 0.4) is 0 Å². The van der Waals surface area contributed by atoms with Crippen molar-refractivity contribution in [2.45, 2.75) is 0 Å². The van der Waals surface area contributed by atoms with Gasteiger partial charge < -0.3 is 15.8 Å². The molecule has 0 saturated carbocycles. The largest absolute Gasteiger partial charge is 0.508 e. The Morgan fingerprint density at radius 3 is 2.59 bits per heavy atom. The molecule has 6 heteroatoms. The number of aromatic amines is 1. The first-order chi connectivity index (χ1) is 8.24. The molecule has 0 unspecified atom stereocenters. The number of phenols is 1. The van der Waals surface area contributed by atoms with Crippen molar-refractivity contribution < 1.29 is 5.11 Å². The van der Waals surface area contributed by atoms with Gasteiger partial charge in [-0.25, -0.2) is 15.0 Å². The summed E-state index contributed by atoms with van der Waals surface area (Å²) in [5.41, 5.74) is 7.71. The van der Waals surface area contributed by atoms with Gasteiger partial charge in [-0.3, -0.25) is 0 Å². The highest BCUT2D eigenvalue weighted by atomic mass is 16.3. The molecule has 84 valence electrons. The van der Waals surface area contributed by atoms with Gasteiger partial charge in [0.2, 0.25) is 0 Å². The number of nitrogens with two attached hydrogens (primary N) is 1. The predicted molar refractivity (Wildman–Crippen MR) is 63.2 cm³/mol. The number of anilines is 1. The van der Waals surface area contributed by atoms with Crippen LogP contribution in [0.1, 0.15) is 0 Å². The van der Waals surface area contributed by atoms with E-state index in [0.29, 0.717) is 22.8 Å². The van der Waals surface area contributed by atoms with Gasteiger partial charge >= 0.3 is 0 Å². The fourth-order valence-electron chi connectivity index (χ4n) is 1.60. The van der Waals surface area contributed by atoms with Gasteiger partial charge in [-0.1, -0.05) is 0 Å². The van der Waals surface area contributed by atoms with E-state index in [9.17, 15) is 5.11 Å². The van der Waals surface area contributed by atoms with E-state index in [2.05, 4.69) is 19.9 Å². The molecular formula is C11H9N5O. The summed E-state index contributed by atoms with van der Waals surface area (Å²) in [7, 11) is 0. The molecule has 0 aliphatic rings. The number of hydrogen-bond donors (Lipinski definition) is 3. The third-order valence-corrected chi connectivity index (χ3v) is 2.46. The molecule has 3 aromatic rings. The van der Waals surface area contributed by atoms with Crippen LogP contribution in [0.5, 0.6) is 5.75 Å². The molecule has 1 aromatic carbocycles. The van der Waals surface area contributed by atoms with Gasteiger partial charge in [0, 0.05) is 5.56 Å². The number of fused-ring (bicyclic) bond motifs is 1. The van der Waals surface area contributed by atoms with Gasteiger partial charge in [-0.05, 0) is 24.3 Å². The molecule has 0 spiro atoms. The number of phenolic OH excluding ortho intramolecular Hbond substituents is 1. The Hall–Kier alpha value is -2.63. The molecule has 3 rings (SSSR count). The number of hydrogen-bond acceptors (Lipinski definition) is 5. The Bertz CT molecular complexity index is 674. The minimum Gasteiger partial charge on any atom is -0.508 e. The highest BCUT2D eigenvalue weighted by molar-refractivity contribution is 5.84. The predicted octanol–water partition coefficient (Wildman–Crippen LogP) is 1.31. The van der Waals surface area contributed by atoms with E-state index in [1.165, 1.54) is 6.33 Å². The molecule has 2 heterocycles. The summed E-state index contributed by atoms with van der Waals surface area (Å²) in [6, 6.07) is 6.71. The van der Waals surface area contributed by atoms with Crippen molar-refractivity contribution in [3.8, 4) is 17.1 Å². The summed E-state index contributed by atoms with van der Waals surface area (Å²) in [4.78, 5) is 15.3. The van der Waals surface area contributed by atoms with Crippen LogP contribution in [0.4, 0.5) is 5.82 Å². The number of aromatic nitrogens is 4. The molecule has 0 fully saturated rings. The lowest BCUT2D eigenvalue weighted by Gasteiger charge is -1.95. The maximum atomic E-state index is 9.21. The number of nitrogen functional groups attached to an aromatic ring is 1. The van der Waals surface area contributed by atoms with Crippen LogP contribution in [0.15, 0.2) is 30.6 Å². The monoisotopic (exact) mass is 227 g/mol. The van der Waals surface area contributed by atoms with Gasteiger partial charge in [0.25, 0.3) is 0 Å². The zero-order valence-electron chi connectivity index (χ0n) is 8.75. The minimum absolute atomic E-state index is 0.212. The summed E-state index contributed by atoms with van der Waals surface area (Å²) in [5, 5.41) is 9.21. The Morgan fingerprint density at radius 2 is 1.88 bits per heavy atom. The Morgan fingerprint density at radius 1 is 1.12 bits per heavy atom. The number of benzene rings is 1. The summed E-state index contributed by atoms with van der Waals surface area (Å²) >= 11 is 0. The number of imidazole rings is 1. The molecule has 0 aliphatic heterocycles. The van der Waals surface area contributed by atoms with Crippen LogP contribution in [-0.2, 0) is 0 Å². The maximum absolute atomic E-state index is 9.21. The quantitative estimate of drug-likeness (QED) is 0.581. The molecule has 0 saturated heterocycles. The second-order valence-corrected chi connectivity index (χ2v) is 3.59. The van der Waals surface area contributed by atoms with Gasteiger partial charge in [0.05, 0.1) is 0 Å². The molecule has 0 atom stereocenters. The highest BCUT2D eigenvalue weighted by Crippen LogP contribution is 2.22. The molecule has 6 nitrogen and oxygen atoms in total. The zero-order valence-corrected chi connectivity index (χ0v) is 8.75. The third-order valence-electron chi connectivity index (χ3n) is 2.46. The SMILES string of the molecule is Nc1ncnc2nc(-c3ccc(O)cc3)[nH]c12. The van der Waals surface area contributed by atoms with Gasteiger partial charge in [-0.15, -0.1) is 0 Å². The Balaban J connectivity index is 2.18. The zero-order chi connectivity index (χ0) is 11.8. The second-order valence-electron chi connectivity index (χ2n) is 3.59. The summed E-state index contributed by atoms with van der Waals surface area (Å²) in [6.45, 7) is 0. The van der Waals surface area contributed by atoms with E-state index in [1.807, 2.05) is 0 Å². The average Bonchev–Trinajstić information content (AvgIpc) is 2.75. The van der Waals surface area contributed by atoms with Gasteiger partial charge in [0.1, 0.15) is 23.4 Å². The molecule has 0 bridgehead atoms. The molecule has 2 aromatic heterocycles. The van der Waals surface area contributed by atoms with E-state index >= 15 is 0 Å². The van der Waals surface area contributed by atoms with Crippen molar-refractivity contribution in [1.29, 1.82) is 0 Å². The van der Waals surface area contributed by atoms with E-state index in [1.54, 1.807) is 24.3 Å². The number of nitrogens with one attached hydrogen (secondary N) is 1. The van der Waals surface area contributed by atoms with Crippen molar-refractivity contribution in [2.75, 3.05) is 5.73 Å². The number of aromatic hydroxyl groups is 1. The number of H-pyrrole nitrogens is 1. The van der Waals surface area contributed by atoms with Crippen molar-refractivity contribution in [3.05, 3.63) is 30.6 Å². The fraction of sp³-hybridized carbons (Fsp3) is 0. The van der Waals surface area contributed by atoms with Crippen LogP contribution in [0, 0.1) is 0 Å². The molecule has 4 N–H and O–H groups in total. The van der Waals surface area contributed by atoms with Crippen molar-refractivity contribution in [3.63, 3.8) is 0 Å².